The average Bonchev–Trinajstić information content (AvgIpc) is 3.39. The normalized spacial score (nSPS) is 12.4. The van der Waals surface area contributed by atoms with Crippen LogP contribution >= 0.6 is 0 Å². The third kappa shape index (κ3) is 3.81. The van der Waals surface area contributed by atoms with Gasteiger partial charge in [-0.15, -0.1) is 0 Å². The molecular formula is C21H14N4O7. The Morgan fingerprint density at radius 2 is 1.62 bits per heavy atom. The summed E-state index contributed by atoms with van der Waals surface area (Å²) < 4.78 is 5.00. The molecule has 0 fully saturated rings. The van der Waals surface area contributed by atoms with Crippen LogP contribution in [0.25, 0.3) is 0 Å². The molecule has 0 radical (unpaired) electrons. The Morgan fingerprint density at radius 1 is 0.938 bits per heavy atom. The van der Waals surface area contributed by atoms with E-state index in [-0.39, 0.29) is 16.9 Å². The van der Waals surface area contributed by atoms with Crippen LogP contribution in [0.15, 0.2) is 65.3 Å². The van der Waals surface area contributed by atoms with Gasteiger partial charge in [0.25, 0.3) is 23.4 Å². The predicted octanol–water partition coefficient (Wildman–Crippen LogP) is 2.67. The zero-order chi connectivity index (χ0) is 22.8. The number of amides is 4. The highest BCUT2D eigenvalue weighted by Gasteiger charge is 2.41. The number of benzene rings is 2. The van der Waals surface area contributed by atoms with Gasteiger partial charge in [0.05, 0.1) is 16.7 Å². The highest BCUT2D eigenvalue weighted by atomic mass is 16.6. The second kappa shape index (κ2) is 8.14. The lowest BCUT2D eigenvalue weighted by atomic mass is 10.1. The molecule has 1 aliphatic heterocycles. The summed E-state index contributed by atoms with van der Waals surface area (Å²) in [5.41, 5.74) is -0.123. The van der Waals surface area contributed by atoms with Crippen LogP contribution in [0.3, 0.4) is 0 Å². The van der Waals surface area contributed by atoms with Gasteiger partial charge in [0.15, 0.2) is 5.76 Å². The number of hydrogen-bond donors (Lipinski definition) is 2. The van der Waals surface area contributed by atoms with Gasteiger partial charge < -0.3 is 15.1 Å². The minimum Gasteiger partial charge on any atom is -0.459 e. The van der Waals surface area contributed by atoms with Crippen LogP contribution in [-0.4, -0.2) is 40.0 Å². The van der Waals surface area contributed by atoms with Gasteiger partial charge in [0.1, 0.15) is 12.1 Å². The van der Waals surface area contributed by atoms with Crippen molar-refractivity contribution in [2.45, 2.75) is 0 Å². The van der Waals surface area contributed by atoms with Crippen LogP contribution in [0.1, 0.15) is 31.3 Å². The molecule has 0 aliphatic carbocycles. The maximum absolute atomic E-state index is 12.5. The van der Waals surface area contributed by atoms with Crippen molar-refractivity contribution in [1.82, 2.24) is 4.90 Å². The molecule has 2 N–H and O–H groups in total. The van der Waals surface area contributed by atoms with Crippen LogP contribution in [-0.2, 0) is 4.79 Å². The lowest BCUT2D eigenvalue weighted by Crippen LogP contribution is -2.37. The average molecular weight is 434 g/mol. The fourth-order valence-electron chi connectivity index (χ4n) is 3.19. The smallest absolute Gasteiger partial charge is 0.291 e. The largest absolute Gasteiger partial charge is 0.459 e. The van der Waals surface area contributed by atoms with Gasteiger partial charge in [-0.2, -0.15) is 0 Å². The van der Waals surface area contributed by atoms with E-state index in [9.17, 15) is 29.3 Å². The molecule has 2 aromatic carbocycles. The minimum absolute atomic E-state index is 0.117. The van der Waals surface area contributed by atoms with E-state index in [0.717, 1.165) is 6.07 Å². The highest BCUT2D eigenvalue weighted by Crippen LogP contribution is 2.30. The van der Waals surface area contributed by atoms with E-state index < -0.39 is 40.8 Å². The van der Waals surface area contributed by atoms with Crippen LogP contribution in [0.2, 0.25) is 0 Å². The number of carbonyl (C=O) groups excluding carboxylic acids is 4. The Hall–Kier alpha value is -4.80. The maximum Gasteiger partial charge on any atom is 0.291 e. The van der Waals surface area contributed by atoms with Crippen molar-refractivity contribution in [3.05, 3.63) is 87.9 Å². The summed E-state index contributed by atoms with van der Waals surface area (Å²) in [6.45, 7) is -0.611. The number of nitrogens with zero attached hydrogens (tertiary/aromatic N) is 2. The van der Waals surface area contributed by atoms with E-state index >= 15 is 0 Å². The number of carbonyl (C=O) groups is 4. The van der Waals surface area contributed by atoms with Crippen molar-refractivity contribution in [3.63, 3.8) is 0 Å². The Labute approximate surface area is 179 Å². The standard InChI is InChI=1S/C21H14N4O7/c26-17(11-24-20(28)14-3-1-4-15(25(30)31)18(14)21(24)29)22-12-6-8-13(9-7-12)23-19(27)16-5-2-10-32-16/h1-10H,11H2,(H,22,26)(H,23,27). The number of fused-ring (bicyclic) bond motifs is 1. The molecule has 0 atom stereocenters. The first-order valence-electron chi connectivity index (χ1n) is 9.23. The molecule has 0 bridgehead atoms. The minimum atomic E-state index is -0.900. The first-order valence-corrected chi connectivity index (χ1v) is 9.23. The molecule has 0 saturated heterocycles. The third-order valence-corrected chi connectivity index (χ3v) is 4.65. The molecule has 0 unspecified atom stereocenters. The number of nitrogens with one attached hydrogen (secondary N) is 2. The number of rotatable bonds is 6. The van der Waals surface area contributed by atoms with Crippen LogP contribution < -0.4 is 10.6 Å². The maximum atomic E-state index is 12.5. The molecule has 0 saturated carbocycles. The Bertz CT molecular complexity index is 1250. The van der Waals surface area contributed by atoms with Crippen molar-refractivity contribution >= 4 is 40.7 Å². The quantitative estimate of drug-likeness (QED) is 0.344. The van der Waals surface area contributed by atoms with Gasteiger partial charge in [-0.1, -0.05) is 6.07 Å². The van der Waals surface area contributed by atoms with Gasteiger partial charge in [-0.05, 0) is 42.5 Å². The molecule has 11 nitrogen and oxygen atoms in total. The van der Waals surface area contributed by atoms with Crippen molar-refractivity contribution < 1.29 is 28.5 Å². The number of anilines is 2. The van der Waals surface area contributed by atoms with Crippen molar-refractivity contribution in [2.24, 2.45) is 0 Å². The van der Waals surface area contributed by atoms with Gasteiger partial charge in [-0.3, -0.25) is 34.2 Å². The van der Waals surface area contributed by atoms with Gasteiger partial charge in [0, 0.05) is 17.4 Å². The Balaban J connectivity index is 1.40. The SMILES string of the molecule is O=C(CN1C(=O)c2cccc([N+](=O)[O-])c2C1=O)Nc1ccc(NC(=O)c2ccco2)cc1. The summed E-state index contributed by atoms with van der Waals surface area (Å²) >= 11 is 0. The summed E-state index contributed by atoms with van der Waals surface area (Å²) in [5, 5.41) is 16.3. The number of nitro groups is 1. The summed E-state index contributed by atoms with van der Waals surface area (Å²) in [4.78, 5) is 60.4. The molecule has 11 heteroatoms. The van der Waals surface area contributed by atoms with E-state index in [2.05, 4.69) is 10.6 Å². The third-order valence-electron chi connectivity index (χ3n) is 4.65. The second-order valence-corrected chi connectivity index (χ2v) is 6.71. The van der Waals surface area contributed by atoms with Crippen LogP contribution in [0, 0.1) is 10.1 Å². The summed E-state index contributed by atoms with van der Waals surface area (Å²) in [5.74, 6) is -2.65. The number of furan rings is 1. The summed E-state index contributed by atoms with van der Waals surface area (Å²) in [6, 6.07) is 12.9. The molecule has 0 spiro atoms. The van der Waals surface area contributed by atoms with Gasteiger partial charge in [0.2, 0.25) is 5.91 Å². The molecule has 3 aromatic rings. The lowest BCUT2D eigenvalue weighted by molar-refractivity contribution is -0.385. The number of hydrogen-bond acceptors (Lipinski definition) is 7. The van der Waals surface area contributed by atoms with Crippen molar-refractivity contribution in [3.8, 4) is 0 Å². The molecule has 4 amide bonds. The zero-order valence-electron chi connectivity index (χ0n) is 16.2. The van der Waals surface area contributed by atoms with E-state index in [1.807, 2.05) is 0 Å². The first-order chi connectivity index (χ1) is 15.3. The number of imide groups is 1. The molecule has 1 aliphatic rings. The second-order valence-electron chi connectivity index (χ2n) is 6.71. The Kier molecular flexibility index (Phi) is 5.21. The van der Waals surface area contributed by atoms with E-state index in [1.165, 1.54) is 36.6 Å². The topological polar surface area (TPSA) is 152 Å². The van der Waals surface area contributed by atoms with E-state index in [0.29, 0.717) is 16.3 Å². The Morgan fingerprint density at radius 3 is 2.25 bits per heavy atom. The summed E-state index contributed by atoms with van der Waals surface area (Å²) in [6.07, 6.45) is 1.38. The molecule has 4 rings (SSSR count). The van der Waals surface area contributed by atoms with Gasteiger partial charge in [-0.25, -0.2) is 0 Å². The summed E-state index contributed by atoms with van der Waals surface area (Å²) in [7, 11) is 0. The molecule has 32 heavy (non-hydrogen) atoms. The molecule has 2 heterocycles. The van der Waals surface area contributed by atoms with Crippen molar-refractivity contribution in [1.29, 1.82) is 0 Å². The number of nitro benzene ring substituents is 1. The van der Waals surface area contributed by atoms with Crippen LogP contribution in [0.4, 0.5) is 17.1 Å². The highest BCUT2D eigenvalue weighted by molar-refractivity contribution is 6.24. The molecule has 1 aromatic heterocycles. The lowest BCUT2D eigenvalue weighted by Gasteiger charge is -2.13. The zero-order valence-corrected chi connectivity index (χ0v) is 16.2. The van der Waals surface area contributed by atoms with E-state index in [1.54, 1.807) is 18.2 Å². The molecular weight excluding hydrogens is 420 g/mol. The van der Waals surface area contributed by atoms with Crippen LogP contribution in [0.5, 0.6) is 0 Å². The monoisotopic (exact) mass is 434 g/mol. The fraction of sp³-hybridized carbons (Fsp3) is 0.0476. The molecule has 160 valence electrons. The first kappa shape index (κ1) is 20.5. The predicted molar refractivity (Wildman–Crippen MR) is 110 cm³/mol. The fourth-order valence-corrected chi connectivity index (χ4v) is 3.19. The van der Waals surface area contributed by atoms with Crippen molar-refractivity contribution in [2.75, 3.05) is 17.2 Å². The van der Waals surface area contributed by atoms with E-state index in [4.69, 9.17) is 4.42 Å². The van der Waals surface area contributed by atoms with Gasteiger partial charge >= 0.3 is 0 Å².